The summed E-state index contributed by atoms with van der Waals surface area (Å²) in [5.74, 6) is -0.559. The number of nitrogens with zero attached hydrogens (tertiary/aromatic N) is 1. The number of hydrogen-bond acceptors (Lipinski definition) is 7. The van der Waals surface area contributed by atoms with Gasteiger partial charge in [-0.2, -0.15) is 0 Å². The number of thiophene rings is 1. The van der Waals surface area contributed by atoms with Gasteiger partial charge in [0.05, 0.1) is 13.5 Å². The van der Waals surface area contributed by atoms with Crippen molar-refractivity contribution in [1.82, 2.24) is 10.2 Å². The van der Waals surface area contributed by atoms with Crippen LogP contribution in [0.2, 0.25) is 0 Å². The van der Waals surface area contributed by atoms with Gasteiger partial charge in [-0.3, -0.25) is 14.5 Å². The van der Waals surface area contributed by atoms with Crippen LogP contribution in [-0.4, -0.2) is 52.1 Å². The van der Waals surface area contributed by atoms with E-state index in [9.17, 15) is 19.5 Å². The number of ether oxygens (including phenoxy) is 1. The van der Waals surface area contributed by atoms with Gasteiger partial charge in [0.1, 0.15) is 22.9 Å². The second kappa shape index (κ2) is 12.7. The van der Waals surface area contributed by atoms with Gasteiger partial charge >= 0.3 is 5.97 Å². The molecular formula is C33H28N2O5S3. The van der Waals surface area contributed by atoms with Gasteiger partial charge in [-0.15, -0.1) is 23.1 Å². The molecule has 0 spiro atoms. The van der Waals surface area contributed by atoms with E-state index in [1.807, 2.05) is 66.7 Å². The number of rotatable bonds is 10. The number of hydrogen-bond donors (Lipinski definition) is 2. The number of β-lactam (4-membered cyclic amide) rings is 1. The lowest BCUT2D eigenvalue weighted by molar-refractivity contribution is -0.150. The topological polar surface area (TPSA) is 95.9 Å². The lowest BCUT2D eigenvalue weighted by Crippen LogP contribution is -2.70. The molecule has 2 aliphatic rings. The lowest BCUT2D eigenvalue weighted by atomic mass is 10.0. The van der Waals surface area contributed by atoms with E-state index in [0.29, 0.717) is 10.7 Å². The molecular weight excluding hydrogens is 601 g/mol. The molecule has 1 aromatic heterocycles. The molecule has 2 aliphatic heterocycles. The molecule has 2 amide bonds. The summed E-state index contributed by atoms with van der Waals surface area (Å²) in [6.07, 6.45) is 0.961. The Labute approximate surface area is 262 Å². The fourth-order valence-corrected chi connectivity index (χ4v) is 8.89. The molecule has 3 heterocycles. The molecule has 1 fully saturated rings. The SMILES string of the molecule is COc1ccc(Cc2ccc(-c3ccccc3SC3=C(C(=O)O)N4C(=O)[C@@H](NC(=O)Cc5ccccc5)[C@H]4SC3)s2)cc1. The van der Waals surface area contributed by atoms with Crippen LogP contribution in [0.5, 0.6) is 5.75 Å². The molecule has 2 N–H and O–H groups in total. The Morgan fingerprint density at radius 1 is 0.977 bits per heavy atom. The van der Waals surface area contributed by atoms with E-state index >= 15 is 0 Å². The standard InChI is InChI=1S/C33H28N2O5S3/c1-40-22-13-11-21(12-14-22)17-23-15-16-26(42-23)24-9-5-6-10-25(24)43-27-19-41-32-29(31(37)35(32)30(27)33(38)39)34-28(36)18-20-7-3-2-4-8-20/h2-16,29,32H,17-19H2,1H3,(H,34,36)(H,38,39)/t29-,32-/m1/s1. The first kappa shape index (κ1) is 29.1. The van der Waals surface area contributed by atoms with Crippen LogP contribution in [0.1, 0.15) is 16.0 Å². The van der Waals surface area contributed by atoms with E-state index < -0.39 is 23.3 Å². The number of methoxy groups -OCH3 is 1. The Balaban J connectivity index is 1.18. The fraction of sp³-hybridized carbons (Fsp3) is 0.182. The number of carbonyl (C=O) groups excluding carboxylic acids is 2. The first-order chi connectivity index (χ1) is 20.9. The average molecular weight is 629 g/mol. The highest BCUT2D eigenvalue weighted by Gasteiger charge is 2.54. The van der Waals surface area contributed by atoms with Gasteiger partial charge in [0, 0.05) is 37.3 Å². The van der Waals surface area contributed by atoms with Gasteiger partial charge in [0.25, 0.3) is 5.91 Å². The van der Waals surface area contributed by atoms with Crippen LogP contribution >= 0.6 is 34.9 Å². The highest BCUT2D eigenvalue weighted by atomic mass is 32.2. The van der Waals surface area contributed by atoms with Crippen LogP contribution in [0.4, 0.5) is 0 Å². The van der Waals surface area contributed by atoms with E-state index in [2.05, 4.69) is 29.6 Å². The summed E-state index contributed by atoms with van der Waals surface area (Å²) in [5.41, 5.74) is 3.05. The van der Waals surface area contributed by atoms with Gasteiger partial charge < -0.3 is 15.2 Å². The zero-order valence-electron chi connectivity index (χ0n) is 23.2. The number of benzene rings is 3. The lowest BCUT2D eigenvalue weighted by Gasteiger charge is -2.49. The minimum Gasteiger partial charge on any atom is -0.497 e. The quantitative estimate of drug-likeness (QED) is 0.207. The van der Waals surface area contributed by atoms with Crippen LogP contribution in [0, 0.1) is 0 Å². The maximum absolute atomic E-state index is 13.2. The predicted octanol–water partition coefficient (Wildman–Crippen LogP) is 6.05. The number of fused-ring (bicyclic) bond motifs is 1. The number of amides is 2. The number of thioether (sulfide) groups is 2. The summed E-state index contributed by atoms with van der Waals surface area (Å²) in [5, 5.41) is 12.6. The van der Waals surface area contributed by atoms with E-state index in [1.165, 1.54) is 38.9 Å². The molecule has 0 saturated carbocycles. The maximum atomic E-state index is 13.2. The summed E-state index contributed by atoms with van der Waals surface area (Å²) in [6.45, 7) is 0. The van der Waals surface area contributed by atoms with Crippen molar-refractivity contribution in [2.75, 3.05) is 12.9 Å². The Morgan fingerprint density at radius 3 is 2.47 bits per heavy atom. The van der Waals surface area contributed by atoms with E-state index in [0.717, 1.165) is 33.1 Å². The van der Waals surface area contributed by atoms with Crippen LogP contribution < -0.4 is 10.1 Å². The zero-order valence-corrected chi connectivity index (χ0v) is 25.6. The maximum Gasteiger partial charge on any atom is 0.353 e. The predicted molar refractivity (Wildman–Crippen MR) is 171 cm³/mol. The minimum atomic E-state index is -1.15. The van der Waals surface area contributed by atoms with E-state index in [4.69, 9.17) is 4.74 Å². The van der Waals surface area contributed by atoms with Gasteiger partial charge in [-0.25, -0.2) is 4.79 Å². The zero-order chi connectivity index (χ0) is 29.9. The molecule has 0 radical (unpaired) electrons. The Morgan fingerprint density at radius 2 is 1.72 bits per heavy atom. The average Bonchev–Trinajstić information content (AvgIpc) is 3.49. The van der Waals surface area contributed by atoms with Crippen LogP contribution in [-0.2, 0) is 27.2 Å². The first-order valence-electron chi connectivity index (χ1n) is 13.6. The van der Waals surface area contributed by atoms with Crippen molar-refractivity contribution in [2.24, 2.45) is 0 Å². The van der Waals surface area contributed by atoms with Gasteiger partial charge in [0.15, 0.2) is 0 Å². The highest BCUT2D eigenvalue weighted by molar-refractivity contribution is 8.06. The summed E-state index contributed by atoms with van der Waals surface area (Å²) in [4.78, 5) is 43.4. The highest BCUT2D eigenvalue weighted by Crippen LogP contribution is 2.47. The van der Waals surface area contributed by atoms with E-state index in [1.54, 1.807) is 18.4 Å². The molecule has 1 saturated heterocycles. The molecule has 0 aliphatic carbocycles. The third-order valence-electron chi connectivity index (χ3n) is 7.24. The third kappa shape index (κ3) is 6.22. The molecule has 6 rings (SSSR count). The van der Waals surface area contributed by atoms with Crippen molar-refractivity contribution < 1.29 is 24.2 Å². The summed E-state index contributed by atoms with van der Waals surface area (Å²) in [7, 11) is 1.65. The Hall–Kier alpha value is -3.99. The molecule has 0 bridgehead atoms. The molecule has 3 aromatic carbocycles. The molecule has 10 heteroatoms. The van der Waals surface area contributed by atoms with Crippen molar-refractivity contribution in [3.63, 3.8) is 0 Å². The first-order valence-corrected chi connectivity index (χ1v) is 16.3. The van der Waals surface area contributed by atoms with Gasteiger partial charge in [0.2, 0.25) is 5.91 Å². The minimum absolute atomic E-state index is 0.00603. The fourth-order valence-electron chi connectivity index (χ4n) is 5.13. The normalized spacial score (nSPS) is 17.7. The monoisotopic (exact) mass is 628 g/mol. The molecule has 7 nitrogen and oxygen atoms in total. The Bertz CT molecular complexity index is 1700. The summed E-state index contributed by atoms with van der Waals surface area (Å²) < 4.78 is 5.26. The smallest absolute Gasteiger partial charge is 0.353 e. The Kier molecular flexibility index (Phi) is 8.60. The number of carbonyl (C=O) groups is 3. The number of aliphatic carboxylic acids is 1. The molecule has 0 unspecified atom stereocenters. The number of carboxylic acid groups (broad SMARTS) is 1. The largest absolute Gasteiger partial charge is 0.497 e. The van der Waals surface area contributed by atoms with Crippen molar-refractivity contribution in [1.29, 1.82) is 0 Å². The second-order valence-electron chi connectivity index (χ2n) is 10.1. The van der Waals surface area contributed by atoms with Crippen molar-refractivity contribution in [2.45, 2.75) is 29.2 Å². The van der Waals surface area contributed by atoms with Crippen LogP contribution in [0.25, 0.3) is 10.4 Å². The van der Waals surface area contributed by atoms with Crippen LogP contribution in [0.3, 0.4) is 0 Å². The molecule has 4 aromatic rings. The van der Waals surface area contributed by atoms with Crippen molar-refractivity contribution in [3.8, 4) is 16.2 Å². The van der Waals surface area contributed by atoms with Crippen molar-refractivity contribution in [3.05, 3.63) is 118 Å². The van der Waals surface area contributed by atoms with Crippen molar-refractivity contribution >= 4 is 52.6 Å². The number of nitrogens with one attached hydrogen (secondary N) is 1. The summed E-state index contributed by atoms with van der Waals surface area (Å²) >= 11 is 4.57. The second-order valence-corrected chi connectivity index (χ2v) is 13.5. The third-order valence-corrected chi connectivity index (χ3v) is 11.0. The molecule has 2 atom stereocenters. The van der Waals surface area contributed by atoms with E-state index in [-0.39, 0.29) is 18.0 Å². The van der Waals surface area contributed by atoms with Gasteiger partial charge in [-0.05, 0) is 41.5 Å². The number of carboxylic acids is 1. The molecule has 218 valence electrons. The van der Waals surface area contributed by atoms with Crippen LogP contribution in [0.15, 0.2) is 106 Å². The summed E-state index contributed by atoms with van der Waals surface area (Å²) in [6, 6.07) is 28.8. The van der Waals surface area contributed by atoms with Gasteiger partial charge in [-0.1, -0.05) is 72.4 Å². The molecule has 43 heavy (non-hydrogen) atoms.